The maximum atomic E-state index is 5.74. The second kappa shape index (κ2) is 4.24. The van der Waals surface area contributed by atoms with Crippen LogP contribution < -0.4 is 5.73 Å². The molecule has 2 aromatic heterocycles. The van der Waals surface area contributed by atoms with Crippen molar-refractivity contribution in [2.45, 2.75) is 13.5 Å². The number of hydrogen-bond donors (Lipinski definition) is 1. The number of para-hydroxylation sites is 1. The first-order valence-electron chi connectivity index (χ1n) is 6.40. The zero-order valence-electron chi connectivity index (χ0n) is 11.5. The lowest BCUT2D eigenvalue weighted by Gasteiger charge is -1.99. The van der Waals surface area contributed by atoms with Crippen LogP contribution in [0.3, 0.4) is 0 Å². The number of imidazole rings is 1. The van der Waals surface area contributed by atoms with Crippen molar-refractivity contribution in [3.05, 3.63) is 42.0 Å². The Bertz CT molecular complexity index is 749. The summed E-state index contributed by atoms with van der Waals surface area (Å²) in [5.74, 6) is 0.917. The Morgan fingerprint density at radius 2 is 1.95 bits per heavy atom. The fourth-order valence-electron chi connectivity index (χ4n) is 2.61. The molecule has 0 fully saturated rings. The normalized spacial score (nSPS) is 11.4. The number of hydrogen-bond acceptors (Lipinski definition) is 2. The molecular formula is C15H18N4. The Morgan fingerprint density at radius 1 is 1.21 bits per heavy atom. The monoisotopic (exact) mass is 254 g/mol. The van der Waals surface area contributed by atoms with Crippen molar-refractivity contribution < 1.29 is 0 Å². The smallest absolute Gasteiger partial charge is 0.123 e. The van der Waals surface area contributed by atoms with E-state index in [0.29, 0.717) is 6.54 Å². The summed E-state index contributed by atoms with van der Waals surface area (Å²) in [6, 6.07) is 8.39. The van der Waals surface area contributed by atoms with Crippen LogP contribution in [-0.4, -0.2) is 14.1 Å². The molecule has 4 heteroatoms. The van der Waals surface area contributed by atoms with E-state index >= 15 is 0 Å². The number of nitrogens with two attached hydrogens (primary N) is 1. The summed E-state index contributed by atoms with van der Waals surface area (Å²) < 4.78 is 4.21. The van der Waals surface area contributed by atoms with Crippen LogP contribution in [0.1, 0.15) is 11.5 Å². The van der Waals surface area contributed by atoms with Gasteiger partial charge >= 0.3 is 0 Å². The largest absolute Gasteiger partial charge is 0.350 e. The Morgan fingerprint density at radius 3 is 2.63 bits per heavy atom. The number of nitrogens with zero attached hydrogens (tertiary/aromatic N) is 3. The Labute approximate surface area is 112 Å². The van der Waals surface area contributed by atoms with E-state index in [2.05, 4.69) is 58.6 Å². The van der Waals surface area contributed by atoms with Crippen LogP contribution in [0.25, 0.3) is 22.2 Å². The first kappa shape index (κ1) is 12.0. The maximum Gasteiger partial charge on any atom is 0.123 e. The Kier molecular flexibility index (Phi) is 2.68. The fourth-order valence-corrected chi connectivity index (χ4v) is 2.61. The molecule has 0 aliphatic rings. The zero-order valence-corrected chi connectivity index (χ0v) is 11.5. The maximum absolute atomic E-state index is 5.74. The molecule has 0 unspecified atom stereocenters. The quantitative estimate of drug-likeness (QED) is 0.763. The Hall–Kier alpha value is -2.07. The summed E-state index contributed by atoms with van der Waals surface area (Å²) in [6.07, 6.45) is 2.14. The summed E-state index contributed by atoms with van der Waals surface area (Å²) in [5.41, 5.74) is 10.3. The highest BCUT2D eigenvalue weighted by Gasteiger charge is 2.16. The van der Waals surface area contributed by atoms with Gasteiger partial charge in [0, 0.05) is 42.5 Å². The van der Waals surface area contributed by atoms with Crippen LogP contribution >= 0.6 is 0 Å². The lowest BCUT2D eigenvalue weighted by atomic mass is 10.1. The molecular weight excluding hydrogens is 236 g/mol. The van der Waals surface area contributed by atoms with E-state index in [0.717, 1.165) is 17.2 Å². The van der Waals surface area contributed by atoms with Gasteiger partial charge in [-0.3, -0.25) is 0 Å². The van der Waals surface area contributed by atoms with Crippen LogP contribution in [0.2, 0.25) is 0 Å². The van der Waals surface area contributed by atoms with Gasteiger partial charge in [-0.05, 0) is 13.0 Å². The average Bonchev–Trinajstić information content (AvgIpc) is 2.90. The van der Waals surface area contributed by atoms with Crippen LogP contribution in [0, 0.1) is 6.92 Å². The minimum Gasteiger partial charge on any atom is -0.350 e. The minimum atomic E-state index is 0.460. The second-order valence-electron chi connectivity index (χ2n) is 4.90. The van der Waals surface area contributed by atoms with E-state index in [-0.39, 0.29) is 0 Å². The van der Waals surface area contributed by atoms with Crippen LogP contribution in [0.4, 0.5) is 0 Å². The lowest BCUT2D eigenvalue weighted by molar-refractivity contribution is 0.774. The first-order valence-corrected chi connectivity index (χ1v) is 6.40. The van der Waals surface area contributed by atoms with Crippen molar-refractivity contribution in [3.63, 3.8) is 0 Å². The van der Waals surface area contributed by atoms with Crippen molar-refractivity contribution in [2.24, 2.45) is 19.8 Å². The Balaban J connectivity index is 2.31. The standard InChI is InChI=1S/C15H18N4/c1-10-15(17-14(8-16)19(10)3)12-9-18(2)13-7-5-4-6-11(12)13/h4-7,9H,8,16H2,1-3H3. The summed E-state index contributed by atoms with van der Waals surface area (Å²) >= 11 is 0. The van der Waals surface area contributed by atoms with Crippen molar-refractivity contribution in [1.82, 2.24) is 14.1 Å². The lowest BCUT2D eigenvalue weighted by Crippen LogP contribution is -2.05. The van der Waals surface area contributed by atoms with E-state index in [1.807, 2.05) is 7.05 Å². The van der Waals surface area contributed by atoms with Crippen molar-refractivity contribution in [2.75, 3.05) is 0 Å². The van der Waals surface area contributed by atoms with Crippen molar-refractivity contribution in [1.29, 1.82) is 0 Å². The molecule has 0 atom stereocenters. The third kappa shape index (κ3) is 1.68. The molecule has 4 nitrogen and oxygen atoms in total. The minimum absolute atomic E-state index is 0.460. The van der Waals surface area contributed by atoms with Crippen LogP contribution in [0.5, 0.6) is 0 Å². The molecule has 0 bridgehead atoms. The number of rotatable bonds is 2. The van der Waals surface area contributed by atoms with Gasteiger partial charge in [-0.25, -0.2) is 4.98 Å². The molecule has 0 radical (unpaired) electrons. The number of fused-ring (bicyclic) bond motifs is 1. The molecule has 0 amide bonds. The second-order valence-corrected chi connectivity index (χ2v) is 4.90. The van der Waals surface area contributed by atoms with E-state index in [1.165, 1.54) is 16.5 Å². The van der Waals surface area contributed by atoms with E-state index in [9.17, 15) is 0 Å². The van der Waals surface area contributed by atoms with Crippen LogP contribution in [-0.2, 0) is 20.6 Å². The number of benzene rings is 1. The number of aryl methyl sites for hydroxylation is 1. The highest BCUT2D eigenvalue weighted by molar-refractivity contribution is 5.95. The van der Waals surface area contributed by atoms with Crippen LogP contribution in [0.15, 0.2) is 30.5 Å². The SMILES string of the molecule is Cc1c(-c2cn(C)c3ccccc23)nc(CN)n1C. The van der Waals surface area contributed by atoms with E-state index < -0.39 is 0 Å². The molecule has 0 spiro atoms. The van der Waals surface area contributed by atoms with Gasteiger partial charge in [-0.15, -0.1) is 0 Å². The summed E-state index contributed by atoms with van der Waals surface area (Å²) in [6.45, 7) is 2.55. The molecule has 0 saturated carbocycles. The molecule has 19 heavy (non-hydrogen) atoms. The van der Waals surface area contributed by atoms with Gasteiger partial charge in [-0.1, -0.05) is 18.2 Å². The van der Waals surface area contributed by atoms with Gasteiger partial charge in [0.25, 0.3) is 0 Å². The number of aromatic nitrogens is 3. The molecule has 0 aliphatic carbocycles. The molecule has 3 rings (SSSR count). The van der Waals surface area contributed by atoms with Gasteiger partial charge in [-0.2, -0.15) is 0 Å². The highest BCUT2D eigenvalue weighted by Crippen LogP contribution is 2.31. The molecule has 0 aliphatic heterocycles. The van der Waals surface area contributed by atoms with Crippen molar-refractivity contribution in [3.8, 4) is 11.3 Å². The predicted octanol–water partition coefficient (Wildman–Crippen LogP) is 2.35. The highest BCUT2D eigenvalue weighted by atomic mass is 15.1. The first-order chi connectivity index (χ1) is 9.13. The third-order valence-electron chi connectivity index (χ3n) is 3.81. The average molecular weight is 254 g/mol. The third-order valence-corrected chi connectivity index (χ3v) is 3.81. The van der Waals surface area contributed by atoms with Gasteiger partial charge in [0.1, 0.15) is 5.82 Å². The summed E-state index contributed by atoms with van der Waals surface area (Å²) in [5, 5.41) is 1.23. The topological polar surface area (TPSA) is 48.8 Å². The molecule has 2 N–H and O–H groups in total. The van der Waals surface area contributed by atoms with E-state index in [1.54, 1.807) is 0 Å². The molecule has 1 aromatic carbocycles. The molecule has 3 aromatic rings. The molecule has 0 saturated heterocycles. The van der Waals surface area contributed by atoms with Gasteiger partial charge in [0.2, 0.25) is 0 Å². The van der Waals surface area contributed by atoms with E-state index in [4.69, 9.17) is 5.73 Å². The molecule has 98 valence electrons. The van der Waals surface area contributed by atoms with Crippen molar-refractivity contribution >= 4 is 10.9 Å². The van der Waals surface area contributed by atoms with Gasteiger partial charge in [0.05, 0.1) is 12.2 Å². The molecule has 2 heterocycles. The van der Waals surface area contributed by atoms with Gasteiger partial charge in [0.15, 0.2) is 0 Å². The summed E-state index contributed by atoms with van der Waals surface area (Å²) in [7, 11) is 4.08. The predicted molar refractivity (Wildman–Crippen MR) is 77.7 cm³/mol. The summed E-state index contributed by atoms with van der Waals surface area (Å²) in [4.78, 5) is 4.69. The fraction of sp³-hybridized carbons (Fsp3) is 0.267. The van der Waals surface area contributed by atoms with Gasteiger partial charge < -0.3 is 14.9 Å². The zero-order chi connectivity index (χ0) is 13.6.